The molecule has 0 unspecified atom stereocenters. The van der Waals surface area contributed by atoms with Gasteiger partial charge in [-0.05, 0) is 65.1 Å². The summed E-state index contributed by atoms with van der Waals surface area (Å²) in [5.74, 6) is 0.960. The summed E-state index contributed by atoms with van der Waals surface area (Å²) in [7, 11) is -0.382. The lowest BCUT2D eigenvalue weighted by Crippen LogP contribution is -2.50. The molecule has 0 aliphatic heterocycles. The zero-order valence-corrected chi connectivity index (χ0v) is 27.3. The largest absolute Gasteiger partial charge is 0.497 e. The topological polar surface area (TPSA) is 114 Å². The van der Waals surface area contributed by atoms with E-state index in [0.29, 0.717) is 31.7 Å². The first-order valence-corrected chi connectivity index (χ1v) is 16.7. The van der Waals surface area contributed by atoms with Crippen molar-refractivity contribution in [3.63, 3.8) is 0 Å². The molecule has 0 heterocycles. The minimum absolute atomic E-state index is 0.131. The SMILES string of the molecule is CCNS(=O)(=O)c1ccc(CCC(=O)N(Cc2ccc(OC)cc2)[C@@H](Cc2ccccc2)C(=O)NCc2ccc(OC)cc2)cc1. The molecule has 0 aliphatic rings. The van der Waals surface area contributed by atoms with Crippen LogP contribution < -0.4 is 19.5 Å². The maximum Gasteiger partial charge on any atom is 0.243 e. The van der Waals surface area contributed by atoms with Gasteiger partial charge in [-0.25, -0.2) is 13.1 Å². The molecule has 0 saturated heterocycles. The Morgan fingerprint density at radius 1 is 0.739 bits per heavy atom. The standard InChI is InChI=1S/C36H41N3O6S/c1-4-38-46(42,43)33-21-14-27(15-22-33)16-23-35(40)39(26-30-12-19-32(45-3)20-13-30)34(24-28-8-6-5-7-9-28)36(41)37-25-29-10-17-31(44-2)18-11-29/h5-15,17-22,34,38H,4,16,23-26H2,1-3H3,(H,37,41)/t34-/m0/s1. The van der Waals surface area contributed by atoms with Crippen LogP contribution >= 0.6 is 0 Å². The van der Waals surface area contributed by atoms with E-state index in [0.717, 1.165) is 28.0 Å². The van der Waals surface area contributed by atoms with E-state index in [1.807, 2.05) is 78.9 Å². The second kappa shape index (κ2) is 16.6. The van der Waals surface area contributed by atoms with Crippen molar-refractivity contribution < 1.29 is 27.5 Å². The summed E-state index contributed by atoms with van der Waals surface area (Å²) < 4.78 is 37.7. The van der Waals surface area contributed by atoms with Crippen molar-refractivity contribution in [3.8, 4) is 11.5 Å². The van der Waals surface area contributed by atoms with Crippen LogP contribution in [0.1, 0.15) is 35.6 Å². The summed E-state index contributed by atoms with van der Waals surface area (Å²) in [5, 5.41) is 3.04. The molecular formula is C36H41N3O6S. The molecule has 9 nitrogen and oxygen atoms in total. The first kappa shape index (κ1) is 34.2. The van der Waals surface area contributed by atoms with E-state index < -0.39 is 16.1 Å². The van der Waals surface area contributed by atoms with Crippen molar-refractivity contribution in [1.29, 1.82) is 0 Å². The Labute approximate surface area is 271 Å². The van der Waals surface area contributed by atoms with E-state index in [9.17, 15) is 18.0 Å². The van der Waals surface area contributed by atoms with Gasteiger partial charge in [-0.3, -0.25) is 9.59 Å². The minimum atomic E-state index is -3.58. The Hall–Kier alpha value is -4.67. The van der Waals surface area contributed by atoms with E-state index in [-0.39, 0.29) is 29.7 Å². The molecule has 2 N–H and O–H groups in total. The van der Waals surface area contributed by atoms with Crippen LogP contribution in [0, 0.1) is 0 Å². The first-order valence-electron chi connectivity index (χ1n) is 15.2. The molecule has 4 aromatic rings. The Kier molecular flexibility index (Phi) is 12.3. The molecule has 0 fully saturated rings. The number of hydrogen-bond donors (Lipinski definition) is 2. The van der Waals surface area contributed by atoms with E-state index in [2.05, 4.69) is 10.0 Å². The van der Waals surface area contributed by atoms with Crippen LogP contribution in [0.25, 0.3) is 0 Å². The summed E-state index contributed by atoms with van der Waals surface area (Å²) in [5.41, 5.74) is 3.50. The lowest BCUT2D eigenvalue weighted by molar-refractivity contribution is -0.141. The number of amides is 2. The third-order valence-corrected chi connectivity index (χ3v) is 9.17. The highest BCUT2D eigenvalue weighted by molar-refractivity contribution is 7.89. The summed E-state index contributed by atoms with van der Waals surface area (Å²) in [6, 6.07) is 30.2. The number of nitrogens with one attached hydrogen (secondary N) is 2. The predicted molar refractivity (Wildman–Crippen MR) is 178 cm³/mol. The third-order valence-electron chi connectivity index (χ3n) is 7.60. The minimum Gasteiger partial charge on any atom is -0.497 e. The molecule has 10 heteroatoms. The van der Waals surface area contributed by atoms with Crippen molar-refractivity contribution in [2.45, 2.75) is 50.2 Å². The van der Waals surface area contributed by atoms with Crippen molar-refractivity contribution in [1.82, 2.24) is 14.9 Å². The van der Waals surface area contributed by atoms with Crippen LogP contribution in [0.2, 0.25) is 0 Å². The first-order chi connectivity index (χ1) is 22.2. The van der Waals surface area contributed by atoms with Crippen LogP contribution in [0.15, 0.2) is 108 Å². The highest BCUT2D eigenvalue weighted by Crippen LogP contribution is 2.20. The Balaban J connectivity index is 1.59. The van der Waals surface area contributed by atoms with E-state index in [4.69, 9.17) is 9.47 Å². The Morgan fingerprint density at radius 3 is 1.87 bits per heavy atom. The van der Waals surface area contributed by atoms with Gasteiger partial charge in [0, 0.05) is 32.5 Å². The number of carbonyl (C=O) groups excluding carboxylic acids is 2. The molecule has 4 rings (SSSR count). The molecule has 0 aromatic heterocycles. The van der Waals surface area contributed by atoms with Crippen LogP contribution in [0.4, 0.5) is 0 Å². The molecule has 2 amide bonds. The molecule has 0 bridgehead atoms. The molecule has 0 aliphatic carbocycles. The van der Waals surface area contributed by atoms with Crippen LogP contribution in [-0.2, 0) is 45.5 Å². The fraction of sp³-hybridized carbons (Fsp3) is 0.278. The number of hydrogen-bond acceptors (Lipinski definition) is 6. The highest BCUT2D eigenvalue weighted by Gasteiger charge is 2.30. The van der Waals surface area contributed by atoms with Crippen molar-refractivity contribution in [2.75, 3.05) is 20.8 Å². The summed E-state index contributed by atoms with van der Waals surface area (Å²) in [6.45, 7) is 2.52. The number of benzene rings is 4. The second-order valence-electron chi connectivity index (χ2n) is 10.8. The summed E-state index contributed by atoms with van der Waals surface area (Å²) in [4.78, 5) is 29.8. The average Bonchev–Trinajstić information content (AvgIpc) is 3.08. The molecule has 46 heavy (non-hydrogen) atoms. The number of aryl methyl sites for hydroxylation is 1. The van der Waals surface area contributed by atoms with Gasteiger partial charge in [-0.2, -0.15) is 0 Å². The molecule has 242 valence electrons. The van der Waals surface area contributed by atoms with E-state index >= 15 is 0 Å². The van der Waals surface area contributed by atoms with E-state index in [1.54, 1.807) is 38.2 Å². The second-order valence-corrected chi connectivity index (χ2v) is 12.6. The van der Waals surface area contributed by atoms with Crippen LogP contribution in [-0.4, -0.2) is 51.9 Å². The van der Waals surface area contributed by atoms with Gasteiger partial charge in [-0.15, -0.1) is 0 Å². The van der Waals surface area contributed by atoms with Gasteiger partial charge in [0.15, 0.2) is 0 Å². The molecule has 0 radical (unpaired) electrons. The lowest BCUT2D eigenvalue weighted by Gasteiger charge is -2.32. The fourth-order valence-electron chi connectivity index (χ4n) is 5.04. The number of rotatable bonds is 16. The van der Waals surface area contributed by atoms with Gasteiger partial charge in [0.25, 0.3) is 0 Å². The van der Waals surface area contributed by atoms with Crippen molar-refractivity contribution in [2.24, 2.45) is 0 Å². The third kappa shape index (κ3) is 9.66. The summed E-state index contributed by atoms with van der Waals surface area (Å²) in [6.07, 6.45) is 0.839. The summed E-state index contributed by atoms with van der Waals surface area (Å²) >= 11 is 0. The maximum atomic E-state index is 14.0. The van der Waals surface area contributed by atoms with Gasteiger partial charge >= 0.3 is 0 Å². The monoisotopic (exact) mass is 643 g/mol. The van der Waals surface area contributed by atoms with E-state index in [1.165, 1.54) is 12.1 Å². The van der Waals surface area contributed by atoms with Crippen LogP contribution in [0.3, 0.4) is 0 Å². The molecule has 1 atom stereocenters. The number of methoxy groups -OCH3 is 2. The predicted octanol–water partition coefficient (Wildman–Crippen LogP) is 4.89. The maximum absolute atomic E-state index is 14.0. The van der Waals surface area contributed by atoms with Crippen molar-refractivity contribution in [3.05, 3.63) is 125 Å². The van der Waals surface area contributed by atoms with Gasteiger partial charge in [0.05, 0.1) is 19.1 Å². The molecular weight excluding hydrogens is 602 g/mol. The molecule has 0 saturated carbocycles. The Morgan fingerprint density at radius 2 is 1.30 bits per heavy atom. The van der Waals surface area contributed by atoms with Gasteiger partial charge in [-0.1, -0.05) is 73.7 Å². The molecule has 0 spiro atoms. The highest BCUT2D eigenvalue weighted by atomic mass is 32.2. The normalized spacial score (nSPS) is 11.8. The lowest BCUT2D eigenvalue weighted by atomic mass is 10.0. The fourth-order valence-corrected chi connectivity index (χ4v) is 6.08. The number of ether oxygens (including phenoxy) is 2. The zero-order chi connectivity index (χ0) is 32.9. The number of sulfonamides is 1. The number of nitrogens with zero attached hydrogens (tertiary/aromatic N) is 1. The zero-order valence-electron chi connectivity index (χ0n) is 26.4. The number of carbonyl (C=O) groups is 2. The smallest absolute Gasteiger partial charge is 0.243 e. The molecule has 4 aromatic carbocycles. The van der Waals surface area contributed by atoms with Gasteiger partial charge in [0.2, 0.25) is 21.8 Å². The average molecular weight is 644 g/mol. The quantitative estimate of drug-likeness (QED) is 0.180. The van der Waals surface area contributed by atoms with Gasteiger partial charge in [0.1, 0.15) is 17.5 Å². The Bertz CT molecular complexity index is 1660. The van der Waals surface area contributed by atoms with Crippen LogP contribution in [0.5, 0.6) is 11.5 Å². The van der Waals surface area contributed by atoms with Gasteiger partial charge < -0.3 is 19.7 Å². The van der Waals surface area contributed by atoms with Crippen molar-refractivity contribution >= 4 is 21.8 Å².